The van der Waals surface area contributed by atoms with Crippen LogP contribution in [0.25, 0.3) is 0 Å². The summed E-state index contributed by atoms with van der Waals surface area (Å²) in [7, 11) is 0. The zero-order valence-corrected chi connectivity index (χ0v) is 21.2. The summed E-state index contributed by atoms with van der Waals surface area (Å²) in [4.78, 5) is 16.9. The lowest BCUT2D eigenvalue weighted by Gasteiger charge is -2.36. The monoisotopic (exact) mass is 508 g/mol. The molecule has 0 saturated carbocycles. The third-order valence-corrected chi connectivity index (χ3v) is 6.43. The zero-order chi connectivity index (χ0) is 24.6. The summed E-state index contributed by atoms with van der Waals surface area (Å²) in [5.41, 5.74) is 4.28. The first-order valence-electron chi connectivity index (χ1n) is 11.6. The number of thiocarbonyl (C=S) groups is 1. The van der Waals surface area contributed by atoms with Crippen LogP contribution in [0.3, 0.4) is 0 Å². The molecule has 182 valence electrons. The minimum absolute atomic E-state index is 0.105. The standard InChI is InChI=1S/C27H29ClN4O2S/c1-20-6-12-24(13-7-20)34-19-26(33)30-27(35)29-22-8-10-23(11-9-22)32-16-14-31(15-17-32)18-21-4-2-3-5-25(21)28/h2-13H,14-19H2,1H3,(H2,29,30,33,35). The summed E-state index contributed by atoms with van der Waals surface area (Å²) in [6, 6.07) is 23.6. The second kappa shape index (κ2) is 12.0. The van der Waals surface area contributed by atoms with Crippen molar-refractivity contribution < 1.29 is 9.53 Å². The van der Waals surface area contributed by atoms with Gasteiger partial charge < -0.3 is 15.0 Å². The number of carbonyl (C=O) groups excluding carboxylic acids is 1. The van der Waals surface area contributed by atoms with Gasteiger partial charge in [-0.3, -0.25) is 15.0 Å². The number of rotatable bonds is 7. The Kier molecular flexibility index (Phi) is 8.58. The van der Waals surface area contributed by atoms with Crippen molar-refractivity contribution in [2.45, 2.75) is 13.5 Å². The van der Waals surface area contributed by atoms with Crippen molar-refractivity contribution in [3.8, 4) is 5.75 Å². The van der Waals surface area contributed by atoms with Crippen LogP contribution in [-0.4, -0.2) is 48.7 Å². The number of benzene rings is 3. The number of carbonyl (C=O) groups is 1. The Balaban J connectivity index is 1.20. The number of nitrogens with zero attached hydrogens (tertiary/aromatic N) is 2. The fraction of sp³-hybridized carbons (Fsp3) is 0.259. The van der Waals surface area contributed by atoms with Crippen molar-refractivity contribution in [1.82, 2.24) is 10.2 Å². The van der Waals surface area contributed by atoms with Crippen LogP contribution in [0.1, 0.15) is 11.1 Å². The summed E-state index contributed by atoms with van der Waals surface area (Å²) >= 11 is 11.6. The number of nitrogens with one attached hydrogen (secondary N) is 2. The van der Waals surface area contributed by atoms with E-state index in [1.165, 1.54) is 5.56 Å². The van der Waals surface area contributed by atoms with Crippen LogP contribution in [0, 0.1) is 6.92 Å². The van der Waals surface area contributed by atoms with Crippen LogP contribution in [0.2, 0.25) is 5.02 Å². The molecule has 0 spiro atoms. The van der Waals surface area contributed by atoms with Gasteiger partial charge in [-0.1, -0.05) is 47.5 Å². The van der Waals surface area contributed by atoms with Gasteiger partial charge in [0.2, 0.25) is 0 Å². The lowest BCUT2D eigenvalue weighted by molar-refractivity contribution is -0.121. The maximum Gasteiger partial charge on any atom is 0.264 e. The minimum Gasteiger partial charge on any atom is -0.484 e. The van der Waals surface area contributed by atoms with E-state index >= 15 is 0 Å². The van der Waals surface area contributed by atoms with Crippen molar-refractivity contribution in [2.24, 2.45) is 0 Å². The Labute approximate surface area is 216 Å². The molecule has 8 heteroatoms. The molecule has 2 N–H and O–H groups in total. The molecule has 0 aromatic heterocycles. The molecule has 3 aromatic carbocycles. The largest absolute Gasteiger partial charge is 0.484 e. The molecule has 6 nitrogen and oxygen atoms in total. The summed E-state index contributed by atoms with van der Waals surface area (Å²) in [5, 5.41) is 6.76. The summed E-state index contributed by atoms with van der Waals surface area (Å²) in [6.07, 6.45) is 0. The number of hydrogen-bond donors (Lipinski definition) is 2. The Morgan fingerprint density at radius 1 is 0.971 bits per heavy atom. The fourth-order valence-electron chi connectivity index (χ4n) is 3.90. The van der Waals surface area contributed by atoms with Gasteiger partial charge in [0.1, 0.15) is 5.75 Å². The fourth-order valence-corrected chi connectivity index (χ4v) is 4.32. The van der Waals surface area contributed by atoms with E-state index in [1.54, 1.807) is 0 Å². The minimum atomic E-state index is -0.311. The molecule has 3 aromatic rings. The number of hydrogen-bond acceptors (Lipinski definition) is 5. The SMILES string of the molecule is Cc1ccc(OCC(=O)NC(=S)Nc2ccc(N3CCN(Cc4ccccc4Cl)CC3)cc2)cc1. The molecular weight excluding hydrogens is 480 g/mol. The van der Waals surface area contributed by atoms with E-state index in [1.807, 2.05) is 61.5 Å². The van der Waals surface area contributed by atoms with Gasteiger partial charge in [0.25, 0.3) is 5.91 Å². The maximum atomic E-state index is 12.1. The van der Waals surface area contributed by atoms with Crippen LogP contribution >= 0.6 is 23.8 Å². The molecule has 1 saturated heterocycles. The molecule has 1 aliphatic rings. The number of amides is 1. The maximum absolute atomic E-state index is 12.1. The average molecular weight is 509 g/mol. The van der Waals surface area contributed by atoms with Gasteiger partial charge in [0.15, 0.2) is 11.7 Å². The summed E-state index contributed by atoms with van der Waals surface area (Å²) < 4.78 is 5.49. The van der Waals surface area contributed by atoms with Crippen LogP contribution in [0.4, 0.5) is 11.4 Å². The van der Waals surface area contributed by atoms with Crippen LogP contribution in [0.15, 0.2) is 72.8 Å². The molecule has 1 heterocycles. The van der Waals surface area contributed by atoms with Crippen LogP contribution in [0.5, 0.6) is 5.75 Å². The third kappa shape index (κ3) is 7.42. The molecule has 4 rings (SSSR count). The quantitative estimate of drug-likeness (QED) is 0.444. The Morgan fingerprint density at radius 3 is 2.34 bits per heavy atom. The third-order valence-electron chi connectivity index (χ3n) is 5.86. The highest BCUT2D eigenvalue weighted by Crippen LogP contribution is 2.22. The van der Waals surface area contributed by atoms with Crippen molar-refractivity contribution in [2.75, 3.05) is 43.0 Å². The Morgan fingerprint density at radius 2 is 1.66 bits per heavy atom. The van der Waals surface area contributed by atoms with Gasteiger partial charge in [-0.2, -0.15) is 0 Å². The van der Waals surface area contributed by atoms with Gasteiger partial charge in [0.05, 0.1) is 0 Å². The normalized spacial score (nSPS) is 13.8. The van der Waals surface area contributed by atoms with Crippen molar-refractivity contribution in [3.05, 3.63) is 88.9 Å². The first kappa shape index (κ1) is 25.0. The van der Waals surface area contributed by atoms with Crippen molar-refractivity contribution in [1.29, 1.82) is 0 Å². The lowest BCUT2D eigenvalue weighted by Crippen LogP contribution is -2.46. The van der Waals surface area contributed by atoms with Gasteiger partial charge in [0, 0.05) is 49.1 Å². The first-order chi connectivity index (χ1) is 17.0. The number of aryl methyl sites for hydroxylation is 1. The molecule has 0 radical (unpaired) electrons. The highest BCUT2D eigenvalue weighted by Gasteiger charge is 2.18. The second-order valence-electron chi connectivity index (χ2n) is 8.51. The van der Waals surface area contributed by atoms with Gasteiger partial charge in [-0.15, -0.1) is 0 Å². The number of ether oxygens (including phenoxy) is 1. The highest BCUT2D eigenvalue weighted by molar-refractivity contribution is 7.80. The number of halogens is 1. The molecule has 1 aliphatic heterocycles. The van der Waals surface area contributed by atoms with E-state index in [0.717, 1.165) is 54.7 Å². The zero-order valence-electron chi connectivity index (χ0n) is 19.7. The Hall–Kier alpha value is -3.13. The topological polar surface area (TPSA) is 56.8 Å². The van der Waals surface area contributed by atoms with Crippen molar-refractivity contribution >= 4 is 46.2 Å². The second-order valence-corrected chi connectivity index (χ2v) is 9.32. The Bertz CT molecular complexity index is 1150. The van der Waals surface area contributed by atoms with E-state index in [4.69, 9.17) is 28.6 Å². The van der Waals surface area contributed by atoms with Gasteiger partial charge >= 0.3 is 0 Å². The van der Waals surface area contributed by atoms with E-state index < -0.39 is 0 Å². The van der Waals surface area contributed by atoms with Crippen LogP contribution in [-0.2, 0) is 11.3 Å². The molecule has 0 unspecified atom stereocenters. The van der Waals surface area contributed by atoms with Crippen LogP contribution < -0.4 is 20.3 Å². The molecule has 1 amide bonds. The lowest BCUT2D eigenvalue weighted by atomic mass is 10.2. The predicted octanol–water partition coefficient (Wildman–Crippen LogP) is 4.86. The smallest absolute Gasteiger partial charge is 0.264 e. The predicted molar refractivity (Wildman–Crippen MR) is 146 cm³/mol. The van der Waals surface area contributed by atoms with E-state index in [9.17, 15) is 4.79 Å². The molecule has 0 aliphatic carbocycles. The van der Waals surface area contributed by atoms with Gasteiger partial charge in [-0.05, 0) is 67.2 Å². The summed E-state index contributed by atoms with van der Waals surface area (Å²) in [5.74, 6) is 0.333. The van der Waals surface area contributed by atoms with E-state index in [-0.39, 0.29) is 17.6 Å². The van der Waals surface area contributed by atoms with E-state index in [2.05, 4.69) is 38.6 Å². The molecular formula is C27H29ClN4O2S. The molecule has 0 bridgehead atoms. The first-order valence-corrected chi connectivity index (χ1v) is 12.4. The summed E-state index contributed by atoms with van der Waals surface area (Å²) in [6.45, 7) is 6.62. The highest BCUT2D eigenvalue weighted by atomic mass is 35.5. The van der Waals surface area contributed by atoms with Gasteiger partial charge in [-0.25, -0.2) is 0 Å². The molecule has 0 atom stereocenters. The van der Waals surface area contributed by atoms with E-state index in [0.29, 0.717) is 5.75 Å². The number of piperazine rings is 1. The average Bonchev–Trinajstić information content (AvgIpc) is 2.86. The molecule has 1 fully saturated rings. The number of anilines is 2. The van der Waals surface area contributed by atoms with Crippen molar-refractivity contribution in [3.63, 3.8) is 0 Å². The molecule has 35 heavy (non-hydrogen) atoms.